The highest BCUT2D eigenvalue weighted by molar-refractivity contribution is 7.23. The Bertz CT molecular complexity index is 1690. The van der Waals surface area contributed by atoms with Crippen molar-refractivity contribution in [3.05, 3.63) is 85.9 Å². The fourth-order valence-corrected chi connectivity index (χ4v) is 6.42. The number of nitrogens with zero attached hydrogens (tertiary/aromatic N) is 1. The number of fused-ring (bicyclic) bond motifs is 7. The van der Waals surface area contributed by atoms with Gasteiger partial charge in [0.1, 0.15) is 16.2 Å². The van der Waals surface area contributed by atoms with Crippen molar-refractivity contribution < 1.29 is 9.52 Å². The summed E-state index contributed by atoms with van der Waals surface area (Å²) >= 11 is 7.73. The topological polar surface area (TPSA) is 75.4 Å². The normalized spacial score (nSPS) is 14.8. The van der Waals surface area contributed by atoms with E-state index in [1.807, 2.05) is 44.2 Å². The monoisotopic (exact) mass is 488 g/mol. The molecule has 0 spiro atoms. The minimum absolute atomic E-state index is 0.131. The Balaban J connectivity index is 1.78. The molecular formula is C27H21ClN2O3S. The van der Waals surface area contributed by atoms with E-state index in [1.54, 1.807) is 17.4 Å². The molecule has 0 saturated carbocycles. The van der Waals surface area contributed by atoms with Crippen LogP contribution in [0.2, 0.25) is 5.02 Å². The van der Waals surface area contributed by atoms with E-state index in [1.165, 1.54) is 0 Å². The lowest BCUT2D eigenvalue weighted by molar-refractivity contribution is 0.466. The van der Waals surface area contributed by atoms with E-state index in [0.29, 0.717) is 22.6 Å². The van der Waals surface area contributed by atoms with E-state index in [2.05, 4.69) is 18.3 Å². The molecule has 0 bridgehead atoms. The van der Waals surface area contributed by atoms with Crippen molar-refractivity contribution in [2.45, 2.75) is 33.2 Å². The van der Waals surface area contributed by atoms with Gasteiger partial charge in [-0.1, -0.05) is 30.7 Å². The Morgan fingerprint density at radius 1 is 1.18 bits per heavy atom. The van der Waals surface area contributed by atoms with Gasteiger partial charge in [-0.25, -0.2) is 9.78 Å². The van der Waals surface area contributed by atoms with Crippen LogP contribution in [0.1, 0.15) is 40.9 Å². The maximum absolute atomic E-state index is 13.4. The van der Waals surface area contributed by atoms with Crippen LogP contribution in [0.5, 0.6) is 5.75 Å². The molecule has 5 aromatic rings. The van der Waals surface area contributed by atoms with Crippen LogP contribution in [0.15, 0.2) is 51.7 Å². The molecule has 5 nitrogen and oxygen atoms in total. The number of phenolic OH excluding ortho intramolecular Hbond substituents is 1. The molecule has 3 aromatic heterocycles. The summed E-state index contributed by atoms with van der Waals surface area (Å²) < 4.78 is 5.76. The van der Waals surface area contributed by atoms with Gasteiger partial charge in [0.25, 0.3) is 0 Å². The molecule has 4 heterocycles. The number of thiophene rings is 1. The predicted molar refractivity (Wildman–Crippen MR) is 139 cm³/mol. The Kier molecular flexibility index (Phi) is 4.73. The third-order valence-electron chi connectivity index (χ3n) is 6.52. The van der Waals surface area contributed by atoms with Gasteiger partial charge in [-0.3, -0.25) is 0 Å². The lowest BCUT2D eigenvalue weighted by Crippen LogP contribution is -2.25. The molecule has 7 heteroatoms. The summed E-state index contributed by atoms with van der Waals surface area (Å²) in [5, 5.41) is 16.6. The molecule has 0 amide bonds. The number of anilines is 1. The van der Waals surface area contributed by atoms with Crippen LogP contribution in [-0.2, 0) is 6.42 Å². The van der Waals surface area contributed by atoms with Crippen LogP contribution < -0.4 is 10.9 Å². The zero-order valence-electron chi connectivity index (χ0n) is 18.8. The molecule has 1 aliphatic heterocycles. The molecule has 1 aliphatic rings. The molecular weight excluding hydrogens is 468 g/mol. The van der Waals surface area contributed by atoms with Gasteiger partial charge in [-0.15, -0.1) is 11.3 Å². The third-order valence-corrected chi connectivity index (χ3v) is 7.87. The maximum Gasteiger partial charge on any atom is 0.342 e. The molecule has 1 atom stereocenters. The molecule has 1 unspecified atom stereocenters. The van der Waals surface area contributed by atoms with Crippen LogP contribution in [0.25, 0.3) is 31.6 Å². The van der Waals surface area contributed by atoms with Crippen molar-refractivity contribution in [2.24, 2.45) is 0 Å². The number of halogens is 1. The Labute approximate surface area is 204 Å². The highest BCUT2D eigenvalue weighted by Crippen LogP contribution is 2.52. The number of pyridine rings is 1. The number of nitrogens with one attached hydrogen (secondary N) is 1. The fraction of sp³-hybridized carbons (Fsp3) is 0.185. The average Bonchev–Trinajstić information content (AvgIpc) is 3.17. The van der Waals surface area contributed by atoms with Gasteiger partial charge in [0.2, 0.25) is 0 Å². The minimum Gasteiger partial charge on any atom is -0.508 e. The highest BCUT2D eigenvalue weighted by atomic mass is 35.5. The summed E-state index contributed by atoms with van der Waals surface area (Å²) in [6, 6.07) is 12.7. The van der Waals surface area contributed by atoms with Gasteiger partial charge in [0.05, 0.1) is 22.2 Å². The van der Waals surface area contributed by atoms with Crippen LogP contribution in [0, 0.1) is 13.8 Å². The first kappa shape index (κ1) is 21.2. The Morgan fingerprint density at radius 2 is 1.94 bits per heavy atom. The molecule has 0 radical (unpaired) electrons. The van der Waals surface area contributed by atoms with E-state index in [-0.39, 0.29) is 5.75 Å². The molecule has 6 rings (SSSR count). The molecule has 0 fully saturated rings. The largest absolute Gasteiger partial charge is 0.508 e. The number of aromatic nitrogens is 1. The fourth-order valence-electron chi connectivity index (χ4n) is 4.96. The summed E-state index contributed by atoms with van der Waals surface area (Å²) in [5.41, 5.74) is 6.11. The summed E-state index contributed by atoms with van der Waals surface area (Å²) in [4.78, 5) is 20.1. The van der Waals surface area contributed by atoms with Crippen molar-refractivity contribution >= 4 is 49.8 Å². The van der Waals surface area contributed by atoms with Gasteiger partial charge in [-0.05, 0) is 61.2 Å². The van der Waals surface area contributed by atoms with E-state index in [0.717, 1.165) is 54.1 Å². The molecule has 2 N–H and O–H groups in total. The van der Waals surface area contributed by atoms with Gasteiger partial charge < -0.3 is 14.8 Å². The zero-order chi connectivity index (χ0) is 23.7. The van der Waals surface area contributed by atoms with Crippen molar-refractivity contribution in [3.63, 3.8) is 0 Å². The second-order valence-corrected chi connectivity index (χ2v) is 10.1. The molecule has 2 aromatic carbocycles. The minimum atomic E-state index is -0.428. The van der Waals surface area contributed by atoms with Gasteiger partial charge >= 0.3 is 5.63 Å². The lowest BCUT2D eigenvalue weighted by Gasteiger charge is -2.28. The highest BCUT2D eigenvalue weighted by Gasteiger charge is 2.34. The van der Waals surface area contributed by atoms with Crippen LogP contribution >= 0.6 is 22.9 Å². The number of rotatable bonds is 2. The molecule has 34 heavy (non-hydrogen) atoms. The average molecular weight is 489 g/mol. The van der Waals surface area contributed by atoms with Crippen molar-refractivity contribution in [2.75, 3.05) is 5.32 Å². The summed E-state index contributed by atoms with van der Waals surface area (Å²) in [6.45, 7) is 6.07. The third kappa shape index (κ3) is 3.06. The number of hydrogen-bond acceptors (Lipinski definition) is 6. The smallest absolute Gasteiger partial charge is 0.342 e. The van der Waals surface area contributed by atoms with E-state index in [4.69, 9.17) is 21.0 Å². The quantitative estimate of drug-likeness (QED) is 0.259. The number of aryl methyl sites for hydroxylation is 3. The first-order chi connectivity index (χ1) is 16.4. The van der Waals surface area contributed by atoms with Crippen LogP contribution in [0.4, 0.5) is 5.69 Å². The first-order valence-corrected chi connectivity index (χ1v) is 12.3. The Morgan fingerprint density at radius 3 is 2.68 bits per heavy atom. The molecule has 0 saturated heterocycles. The standard InChI is InChI=1S/C27H21ClN2O3S/c1-4-14-10-17-19(11-18(14)31)33-27(32)22-21(17)25-24(20-12(2)9-13(3)29-26(20)34-25)30-23(22)15-5-7-16(28)8-6-15/h5-11,23,30-31H,4H2,1-3H3. The number of phenols is 1. The summed E-state index contributed by atoms with van der Waals surface area (Å²) in [5.74, 6) is 0.131. The first-order valence-electron chi connectivity index (χ1n) is 11.1. The molecule has 170 valence electrons. The second-order valence-electron chi connectivity index (χ2n) is 8.70. The SMILES string of the molecule is CCc1cc2c3c(c(=O)oc2cc1O)C(c1ccc(Cl)cc1)Nc1c-3sc2nc(C)cc(C)c12. The lowest BCUT2D eigenvalue weighted by atomic mass is 9.88. The molecule has 0 aliphatic carbocycles. The van der Waals surface area contributed by atoms with E-state index < -0.39 is 11.7 Å². The summed E-state index contributed by atoms with van der Waals surface area (Å²) in [6.07, 6.45) is 0.660. The second kappa shape index (κ2) is 7.58. The van der Waals surface area contributed by atoms with Crippen molar-refractivity contribution in [3.8, 4) is 16.2 Å². The van der Waals surface area contributed by atoms with Crippen molar-refractivity contribution in [1.82, 2.24) is 4.98 Å². The summed E-state index contributed by atoms with van der Waals surface area (Å²) in [7, 11) is 0. The van der Waals surface area contributed by atoms with E-state index >= 15 is 0 Å². The van der Waals surface area contributed by atoms with E-state index in [9.17, 15) is 9.90 Å². The predicted octanol–water partition coefficient (Wildman–Crippen LogP) is 7.12. The van der Waals surface area contributed by atoms with Gasteiger partial charge in [0.15, 0.2) is 0 Å². The van der Waals surface area contributed by atoms with Gasteiger partial charge in [-0.2, -0.15) is 0 Å². The van der Waals surface area contributed by atoms with Crippen molar-refractivity contribution in [1.29, 1.82) is 0 Å². The number of hydrogen-bond donors (Lipinski definition) is 2. The maximum atomic E-state index is 13.4. The van der Waals surface area contributed by atoms with Crippen LogP contribution in [0.3, 0.4) is 0 Å². The van der Waals surface area contributed by atoms with Gasteiger partial charge in [0, 0.05) is 33.1 Å². The number of benzene rings is 2. The zero-order valence-corrected chi connectivity index (χ0v) is 20.4. The Hall–Kier alpha value is -3.35. The number of aromatic hydroxyl groups is 1. The van der Waals surface area contributed by atoms with Crippen LogP contribution in [-0.4, -0.2) is 10.1 Å².